The Bertz CT molecular complexity index is 293. The molecule has 0 bridgehead atoms. The van der Waals surface area contributed by atoms with Crippen LogP contribution >= 0.6 is 0 Å². The monoisotopic (exact) mass is 210 g/mol. The molecule has 2 heterocycles. The average Bonchev–Trinajstić information content (AvgIpc) is 2.75. The van der Waals surface area contributed by atoms with Gasteiger partial charge in [-0.05, 0) is 25.9 Å². The second-order valence-corrected chi connectivity index (χ2v) is 3.90. The molecule has 1 aliphatic rings. The molecule has 1 N–H and O–H groups in total. The maximum absolute atomic E-state index is 5.07. The molecular weight excluding hydrogens is 192 g/mol. The summed E-state index contributed by atoms with van der Waals surface area (Å²) in [5, 5.41) is 11.6. The summed E-state index contributed by atoms with van der Waals surface area (Å²) in [7, 11) is 1.72. The molecule has 0 amide bonds. The van der Waals surface area contributed by atoms with E-state index >= 15 is 0 Å². The van der Waals surface area contributed by atoms with Gasteiger partial charge in [0.05, 0.1) is 6.61 Å². The molecule has 1 aliphatic heterocycles. The number of methoxy groups -OCH3 is 1. The van der Waals surface area contributed by atoms with E-state index in [-0.39, 0.29) is 0 Å². The first-order valence-corrected chi connectivity index (χ1v) is 5.49. The van der Waals surface area contributed by atoms with Gasteiger partial charge in [0.15, 0.2) is 0 Å². The minimum absolute atomic E-state index is 0.561. The number of ether oxygens (including phenoxy) is 1. The maximum atomic E-state index is 5.07. The smallest absolute Gasteiger partial charge is 0.136 e. The summed E-state index contributed by atoms with van der Waals surface area (Å²) in [5.74, 6) is 1.68. The normalized spacial score (nSPS) is 18.2. The third kappa shape index (κ3) is 2.54. The Morgan fingerprint density at radius 3 is 3.07 bits per heavy atom. The molecule has 0 aromatic carbocycles. The summed E-state index contributed by atoms with van der Waals surface area (Å²) < 4.78 is 7.18. The van der Waals surface area contributed by atoms with Crippen LogP contribution in [-0.4, -0.2) is 41.6 Å². The first kappa shape index (κ1) is 10.6. The second kappa shape index (κ2) is 5.23. The third-order valence-corrected chi connectivity index (χ3v) is 2.89. The van der Waals surface area contributed by atoms with Gasteiger partial charge < -0.3 is 14.6 Å². The van der Waals surface area contributed by atoms with Crippen LogP contribution in [0.4, 0.5) is 0 Å². The molecule has 2 rings (SSSR count). The Labute approximate surface area is 89.8 Å². The van der Waals surface area contributed by atoms with E-state index in [1.807, 2.05) is 0 Å². The van der Waals surface area contributed by atoms with Crippen molar-refractivity contribution in [2.45, 2.75) is 25.3 Å². The fraction of sp³-hybridized carbons (Fsp3) is 0.800. The standard InChI is InChI=1S/C10H18N4O/c1-15-7-6-14-8-12-13-10(14)9-2-4-11-5-3-9/h8-9,11H,2-7H2,1H3. The van der Waals surface area contributed by atoms with E-state index in [2.05, 4.69) is 20.1 Å². The highest BCUT2D eigenvalue weighted by atomic mass is 16.5. The predicted octanol–water partition coefficient (Wildman–Crippen LogP) is 0.392. The van der Waals surface area contributed by atoms with Crippen LogP contribution in [-0.2, 0) is 11.3 Å². The van der Waals surface area contributed by atoms with Crippen molar-refractivity contribution in [2.24, 2.45) is 0 Å². The van der Waals surface area contributed by atoms with Crippen LogP contribution in [0, 0.1) is 0 Å². The molecule has 0 saturated carbocycles. The predicted molar refractivity (Wildman–Crippen MR) is 56.7 cm³/mol. The van der Waals surface area contributed by atoms with Gasteiger partial charge in [-0.15, -0.1) is 10.2 Å². The van der Waals surface area contributed by atoms with E-state index in [0.29, 0.717) is 5.92 Å². The van der Waals surface area contributed by atoms with Crippen LogP contribution in [0.1, 0.15) is 24.6 Å². The van der Waals surface area contributed by atoms with E-state index in [1.54, 1.807) is 13.4 Å². The van der Waals surface area contributed by atoms with Crippen molar-refractivity contribution in [1.82, 2.24) is 20.1 Å². The molecule has 1 aromatic rings. The highest BCUT2D eigenvalue weighted by Crippen LogP contribution is 2.22. The van der Waals surface area contributed by atoms with E-state index in [1.165, 1.54) is 0 Å². The zero-order chi connectivity index (χ0) is 10.5. The van der Waals surface area contributed by atoms with Crippen molar-refractivity contribution < 1.29 is 4.74 Å². The summed E-state index contributed by atoms with van der Waals surface area (Å²) in [6.45, 7) is 3.74. The highest BCUT2D eigenvalue weighted by Gasteiger charge is 2.20. The van der Waals surface area contributed by atoms with Crippen LogP contribution in [0.15, 0.2) is 6.33 Å². The summed E-state index contributed by atoms with van der Waals surface area (Å²) in [5.41, 5.74) is 0. The molecule has 15 heavy (non-hydrogen) atoms. The van der Waals surface area contributed by atoms with Crippen molar-refractivity contribution in [3.05, 3.63) is 12.2 Å². The Hall–Kier alpha value is -0.940. The summed E-state index contributed by atoms with van der Waals surface area (Å²) in [6.07, 6.45) is 4.12. The van der Waals surface area contributed by atoms with Crippen molar-refractivity contribution in [3.63, 3.8) is 0 Å². The second-order valence-electron chi connectivity index (χ2n) is 3.90. The number of nitrogens with one attached hydrogen (secondary N) is 1. The molecule has 0 radical (unpaired) electrons. The SMILES string of the molecule is COCCn1cnnc1C1CCNCC1. The fourth-order valence-corrected chi connectivity index (χ4v) is 2.02. The van der Waals surface area contributed by atoms with Gasteiger partial charge in [0.2, 0.25) is 0 Å². The average molecular weight is 210 g/mol. The molecule has 0 atom stereocenters. The highest BCUT2D eigenvalue weighted by molar-refractivity contribution is 4.98. The lowest BCUT2D eigenvalue weighted by molar-refractivity contribution is 0.185. The quantitative estimate of drug-likeness (QED) is 0.781. The molecule has 1 saturated heterocycles. The van der Waals surface area contributed by atoms with E-state index in [4.69, 9.17) is 4.74 Å². The minimum atomic E-state index is 0.561. The van der Waals surface area contributed by atoms with Crippen LogP contribution in [0.5, 0.6) is 0 Å². The number of hydrogen-bond acceptors (Lipinski definition) is 4. The molecule has 5 nitrogen and oxygen atoms in total. The van der Waals surface area contributed by atoms with Crippen LogP contribution in [0.3, 0.4) is 0 Å². The summed E-state index contributed by atoms with van der Waals surface area (Å²) in [6, 6.07) is 0. The van der Waals surface area contributed by atoms with Crippen molar-refractivity contribution in [3.8, 4) is 0 Å². The summed E-state index contributed by atoms with van der Waals surface area (Å²) in [4.78, 5) is 0. The molecule has 0 unspecified atom stereocenters. The van der Waals surface area contributed by atoms with Gasteiger partial charge in [-0.3, -0.25) is 0 Å². The van der Waals surface area contributed by atoms with E-state index in [0.717, 1.165) is 44.9 Å². The number of nitrogens with zero attached hydrogens (tertiary/aromatic N) is 3. The third-order valence-electron chi connectivity index (χ3n) is 2.89. The molecule has 1 fully saturated rings. The zero-order valence-electron chi connectivity index (χ0n) is 9.15. The number of piperidine rings is 1. The Morgan fingerprint density at radius 1 is 1.53 bits per heavy atom. The van der Waals surface area contributed by atoms with Gasteiger partial charge in [0, 0.05) is 19.6 Å². The van der Waals surface area contributed by atoms with Crippen LogP contribution in [0.25, 0.3) is 0 Å². The molecule has 0 aliphatic carbocycles. The van der Waals surface area contributed by atoms with Gasteiger partial charge in [-0.2, -0.15) is 0 Å². The van der Waals surface area contributed by atoms with Crippen molar-refractivity contribution >= 4 is 0 Å². The largest absolute Gasteiger partial charge is 0.383 e. The van der Waals surface area contributed by atoms with Crippen LogP contribution < -0.4 is 5.32 Å². The zero-order valence-corrected chi connectivity index (χ0v) is 9.15. The van der Waals surface area contributed by atoms with Gasteiger partial charge in [-0.1, -0.05) is 0 Å². The maximum Gasteiger partial charge on any atom is 0.136 e. The Balaban J connectivity index is 2.02. The number of rotatable bonds is 4. The molecule has 84 valence electrons. The van der Waals surface area contributed by atoms with Gasteiger partial charge in [-0.25, -0.2) is 0 Å². The van der Waals surface area contributed by atoms with E-state index in [9.17, 15) is 0 Å². The van der Waals surface area contributed by atoms with Crippen molar-refractivity contribution in [2.75, 3.05) is 26.8 Å². The van der Waals surface area contributed by atoms with Gasteiger partial charge in [0.25, 0.3) is 0 Å². The Morgan fingerprint density at radius 2 is 2.33 bits per heavy atom. The lowest BCUT2D eigenvalue weighted by Gasteiger charge is -2.22. The molecule has 0 spiro atoms. The van der Waals surface area contributed by atoms with Crippen molar-refractivity contribution in [1.29, 1.82) is 0 Å². The van der Waals surface area contributed by atoms with Gasteiger partial charge in [0.1, 0.15) is 12.2 Å². The Kier molecular flexibility index (Phi) is 3.69. The minimum Gasteiger partial charge on any atom is -0.383 e. The van der Waals surface area contributed by atoms with E-state index < -0.39 is 0 Å². The lowest BCUT2D eigenvalue weighted by Crippen LogP contribution is -2.28. The lowest BCUT2D eigenvalue weighted by atomic mass is 9.97. The fourth-order valence-electron chi connectivity index (χ4n) is 2.02. The van der Waals surface area contributed by atoms with Gasteiger partial charge >= 0.3 is 0 Å². The first-order chi connectivity index (χ1) is 7.42. The molecule has 1 aromatic heterocycles. The number of aromatic nitrogens is 3. The number of hydrogen-bond donors (Lipinski definition) is 1. The summed E-state index contributed by atoms with van der Waals surface area (Å²) >= 11 is 0. The molecular formula is C10H18N4O. The topological polar surface area (TPSA) is 52.0 Å². The first-order valence-electron chi connectivity index (χ1n) is 5.49. The molecule has 5 heteroatoms. The van der Waals surface area contributed by atoms with Crippen LogP contribution in [0.2, 0.25) is 0 Å².